The number of nitrogens with zero attached hydrogens (tertiary/aromatic N) is 1. The number of rotatable bonds is 5. The summed E-state index contributed by atoms with van der Waals surface area (Å²) in [5, 5.41) is 0. The Balaban J connectivity index is 1.58. The molecule has 1 N–H and O–H groups in total. The van der Waals surface area contributed by atoms with E-state index in [2.05, 4.69) is 9.71 Å². The second-order valence-electron chi connectivity index (χ2n) is 6.12. The molecule has 0 saturated heterocycles. The zero-order chi connectivity index (χ0) is 15.3. The fourth-order valence-corrected chi connectivity index (χ4v) is 5.17. The van der Waals surface area contributed by atoms with E-state index in [1.165, 1.54) is 0 Å². The van der Waals surface area contributed by atoms with Crippen LogP contribution >= 0.6 is 11.3 Å². The largest absolute Gasteiger partial charge is 0.291 e. The molecule has 0 unspecified atom stereocenters. The van der Waals surface area contributed by atoms with Crippen molar-refractivity contribution in [3.63, 3.8) is 0 Å². The van der Waals surface area contributed by atoms with Crippen LogP contribution in [0.5, 0.6) is 0 Å². The Hall–Kier alpha value is -1.47. The lowest BCUT2D eigenvalue weighted by atomic mass is 9.97. The summed E-state index contributed by atoms with van der Waals surface area (Å²) in [6.07, 6.45) is 4.15. The van der Waals surface area contributed by atoms with Crippen molar-refractivity contribution in [2.45, 2.75) is 30.0 Å². The summed E-state index contributed by atoms with van der Waals surface area (Å²) >= 11 is 1.09. The number of amides is 1. The summed E-state index contributed by atoms with van der Waals surface area (Å²) in [7, 11) is -3.87. The lowest BCUT2D eigenvalue weighted by Gasteiger charge is -2.14. The van der Waals surface area contributed by atoms with Gasteiger partial charge in [0.1, 0.15) is 0 Å². The van der Waals surface area contributed by atoms with Crippen molar-refractivity contribution in [1.29, 1.82) is 0 Å². The van der Waals surface area contributed by atoms with Crippen LogP contribution in [-0.2, 0) is 14.8 Å². The minimum absolute atomic E-state index is 0.0348. The predicted molar refractivity (Wildman–Crippen MR) is 83.9 cm³/mol. The highest BCUT2D eigenvalue weighted by Crippen LogP contribution is 2.49. The number of thiazole rings is 1. The number of carbonyl (C=O) groups is 1. The summed E-state index contributed by atoms with van der Waals surface area (Å²) < 4.78 is 27.9. The normalized spacial score (nSPS) is 18.8. The fraction of sp³-hybridized carbons (Fsp3) is 0.467. The van der Waals surface area contributed by atoms with Gasteiger partial charge in [0.2, 0.25) is 10.2 Å². The Morgan fingerprint density at radius 3 is 2.41 bits per heavy atom. The molecule has 2 aliphatic rings. The highest BCUT2D eigenvalue weighted by atomic mass is 32.2. The number of carbonyl (C=O) groups excluding carboxylic acids is 1. The number of fused-ring (bicyclic) bond motifs is 1. The maximum atomic E-state index is 12.4. The molecule has 2 aromatic rings. The van der Waals surface area contributed by atoms with E-state index in [1.807, 2.05) is 18.2 Å². The molecule has 1 aromatic heterocycles. The number of nitrogens with one attached hydrogen (secondary N) is 1. The second-order valence-corrected chi connectivity index (χ2v) is 9.00. The summed E-state index contributed by atoms with van der Waals surface area (Å²) in [6, 6.07) is 7.24. The van der Waals surface area contributed by atoms with Gasteiger partial charge in [-0.15, -0.1) is 11.3 Å². The third-order valence-corrected chi connectivity index (χ3v) is 7.06. The predicted octanol–water partition coefficient (Wildman–Crippen LogP) is 2.54. The average Bonchev–Trinajstić information content (AvgIpc) is 3.39. The molecule has 0 aliphatic heterocycles. The third kappa shape index (κ3) is 2.63. The lowest BCUT2D eigenvalue weighted by Crippen LogP contribution is -2.37. The van der Waals surface area contributed by atoms with E-state index in [1.54, 1.807) is 6.07 Å². The minimum atomic E-state index is -3.87. The lowest BCUT2D eigenvalue weighted by molar-refractivity contribution is -0.124. The first kappa shape index (κ1) is 14.1. The summed E-state index contributed by atoms with van der Waals surface area (Å²) in [4.78, 5) is 16.5. The molecule has 2 saturated carbocycles. The number of hydrogen-bond donors (Lipinski definition) is 1. The molecule has 2 aliphatic carbocycles. The van der Waals surface area contributed by atoms with Gasteiger partial charge in [-0.05, 0) is 49.7 Å². The van der Waals surface area contributed by atoms with Crippen molar-refractivity contribution in [3.8, 4) is 0 Å². The monoisotopic (exact) mass is 336 g/mol. The molecule has 4 rings (SSSR count). The van der Waals surface area contributed by atoms with E-state index < -0.39 is 10.0 Å². The van der Waals surface area contributed by atoms with Gasteiger partial charge in [0.25, 0.3) is 10.0 Å². The summed E-state index contributed by atoms with van der Waals surface area (Å²) in [5.74, 6) is 0.268. The Morgan fingerprint density at radius 1 is 1.18 bits per heavy atom. The van der Waals surface area contributed by atoms with E-state index in [9.17, 15) is 13.2 Å². The Kier molecular flexibility index (Phi) is 3.23. The van der Waals surface area contributed by atoms with Crippen molar-refractivity contribution in [3.05, 3.63) is 24.3 Å². The molecule has 1 heterocycles. The van der Waals surface area contributed by atoms with Crippen LogP contribution in [0.3, 0.4) is 0 Å². The first-order valence-corrected chi connectivity index (χ1v) is 9.77. The molecule has 2 fully saturated rings. The van der Waals surface area contributed by atoms with Crippen molar-refractivity contribution in [1.82, 2.24) is 9.71 Å². The molecule has 116 valence electrons. The summed E-state index contributed by atoms with van der Waals surface area (Å²) in [5.41, 5.74) is 0.640. The smallest absolute Gasteiger partial charge is 0.274 e. The topological polar surface area (TPSA) is 76.1 Å². The van der Waals surface area contributed by atoms with Gasteiger partial charge in [-0.3, -0.25) is 4.79 Å². The molecule has 0 radical (unpaired) electrons. The minimum Gasteiger partial charge on any atom is -0.274 e. The fourth-order valence-electron chi connectivity index (χ4n) is 2.93. The van der Waals surface area contributed by atoms with Crippen molar-refractivity contribution in [2.75, 3.05) is 0 Å². The molecule has 0 atom stereocenters. The van der Waals surface area contributed by atoms with Crippen LogP contribution < -0.4 is 4.72 Å². The van der Waals surface area contributed by atoms with Crippen LogP contribution in [0.2, 0.25) is 0 Å². The maximum Gasteiger partial charge on any atom is 0.291 e. The number of para-hydroxylation sites is 1. The van der Waals surface area contributed by atoms with E-state index >= 15 is 0 Å². The van der Waals surface area contributed by atoms with E-state index in [0.29, 0.717) is 17.4 Å². The molecular formula is C15H16N2O3S2. The molecule has 5 nitrogen and oxygen atoms in total. The molecule has 7 heteroatoms. The Morgan fingerprint density at radius 2 is 1.82 bits per heavy atom. The first-order chi connectivity index (χ1) is 10.5. The number of benzene rings is 1. The van der Waals surface area contributed by atoms with E-state index in [0.717, 1.165) is 41.7 Å². The van der Waals surface area contributed by atoms with Crippen LogP contribution in [0, 0.1) is 17.8 Å². The highest BCUT2D eigenvalue weighted by Gasteiger charge is 2.46. The number of sulfonamides is 1. The van der Waals surface area contributed by atoms with Crippen LogP contribution in [0.25, 0.3) is 10.2 Å². The molecule has 0 spiro atoms. The summed E-state index contributed by atoms with van der Waals surface area (Å²) in [6.45, 7) is 0. The van der Waals surface area contributed by atoms with Gasteiger partial charge in [-0.25, -0.2) is 9.71 Å². The SMILES string of the molecule is O=C(NS(=O)(=O)c1nc2ccccc2s1)C(C1CC1)C1CC1. The van der Waals surface area contributed by atoms with Gasteiger partial charge in [0.05, 0.1) is 10.2 Å². The molecule has 1 amide bonds. The zero-order valence-electron chi connectivity index (χ0n) is 11.9. The third-order valence-electron chi connectivity index (χ3n) is 4.30. The molecular weight excluding hydrogens is 320 g/mol. The number of hydrogen-bond acceptors (Lipinski definition) is 5. The Labute approximate surface area is 132 Å². The Bertz CT molecular complexity index is 790. The van der Waals surface area contributed by atoms with Gasteiger partial charge in [-0.1, -0.05) is 12.1 Å². The second kappa shape index (κ2) is 5.03. The van der Waals surface area contributed by atoms with Crippen LogP contribution in [-0.4, -0.2) is 19.3 Å². The number of aromatic nitrogens is 1. The van der Waals surface area contributed by atoms with Crippen molar-refractivity contribution in [2.24, 2.45) is 17.8 Å². The van der Waals surface area contributed by atoms with E-state index in [4.69, 9.17) is 0 Å². The zero-order valence-corrected chi connectivity index (χ0v) is 13.5. The highest BCUT2D eigenvalue weighted by molar-refractivity contribution is 7.92. The quantitative estimate of drug-likeness (QED) is 0.910. The molecule has 1 aromatic carbocycles. The van der Waals surface area contributed by atoms with Crippen molar-refractivity contribution < 1.29 is 13.2 Å². The first-order valence-electron chi connectivity index (χ1n) is 7.47. The molecule has 0 bridgehead atoms. The average molecular weight is 336 g/mol. The van der Waals surface area contributed by atoms with Gasteiger partial charge in [-0.2, -0.15) is 8.42 Å². The van der Waals surface area contributed by atoms with Crippen molar-refractivity contribution >= 4 is 37.5 Å². The maximum absolute atomic E-state index is 12.4. The van der Waals surface area contributed by atoms with Crippen LogP contribution in [0.15, 0.2) is 28.6 Å². The van der Waals surface area contributed by atoms with Gasteiger partial charge in [0, 0.05) is 5.92 Å². The van der Waals surface area contributed by atoms with E-state index in [-0.39, 0.29) is 16.2 Å². The van der Waals surface area contributed by atoms with Gasteiger partial charge < -0.3 is 0 Å². The van der Waals surface area contributed by atoms with Gasteiger partial charge in [0.15, 0.2) is 0 Å². The van der Waals surface area contributed by atoms with Gasteiger partial charge >= 0.3 is 0 Å². The standard InChI is InChI=1S/C15H16N2O3S2/c18-14(13(9-5-6-9)10-7-8-10)17-22(19,20)15-16-11-3-1-2-4-12(11)21-15/h1-4,9-10,13H,5-8H2,(H,17,18). The van der Waals surface area contributed by atoms with Crippen LogP contribution in [0.1, 0.15) is 25.7 Å². The van der Waals surface area contributed by atoms with Crippen LogP contribution in [0.4, 0.5) is 0 Å². The molecule has 22 heavy (non-hydrogen) atoms.